The van der Waals surface area contributed by atoms with E-state index in [-0.39, 0.29) is 12.5 Å². The van der Waals surface area contributed by atoms with Crippen LogP contribution in [0.4, 0.5) is 5.69 Å². The van der Waals surface area contributed by atoms with Crippen LogP contribution in [0.2, 0.25) is 0 Å². The van der Waals surface area contributed by atoms with Crippen molar-refractivity contribution in [3.05, 3.63) is 57.6 Å². The molecule has 1 unspecified atom stereocenters. The van der Waals surface area contributed by atoms with E-state index in [0.717, 1.165) is 22.1 Å². The van der Waals surface area contributed by atoms with E-state index >= 15 is 0 Å². The maximum absolute atomic E-state index is 12.1. The van der Waals surface area contributed by atoms with E-state index in [4.69, 9.17) is 4.74 Å². The number of ether oxygens (including phenoxy) is 1. The Kier molecular flexibility index (Phi) is 6.44. The second-order valence-electron chi connectivity index (χ2n) is 6.14. The molecular weight excluding hydrogens is 366 g/mol. The largest absolute Gasteiger partial charge is 0.483 e. The number of amides is 1. The summed E-state index contributed by atoms with van der Waals surface area (Å²) in [4.78, 5) is 12.1. The van der Waals surface area contributed by atoms with Gasteiger partial charge in [0.2, 0.25) is 0 Å². The molecule has 0 aromatic heterocycles. The highest BCUT2D eigenvalue weighted by Gasteiger charge is 2.09. The summed E-state index contributed by atoms with van der Waals surface area (Å²) in [5, 5.41) is 2.86. The van der Waals surface area contributed by atoms with Gasteiger partial charge < -0.3 is 10.1 Å². The Labute approximate surface area is 152 Å². The number of anilines is 1. The highest BCUT2D eigenvalue weighted by Crippen LogP contribution is 2.30. The monoisotopic (exact) mass is 389 g/mol. The quantitative estimate of drug-likeness (QED) is 0.698. The summed E-state index contributed by atoms with van der Waals surface area (Å²) in [7, 11) is 0. The zero-order valence-corrected chi connectivity index (χ0v) is 16.2. The first kappa shape index (κ1) is 18.5. The first-order valence-corrected chi connectivity index (χ1v) is 8.99. The molecule has 128 valence electrons. The molecule has 1 amide bonds. The molecule has 1 N–H and O–H groups in total. The molecule has 1 atom stereocenters. The van der Waals surface area contributed by atoms with Gasteiger partial charge in [-0.25, -0.2) is 0 Å². The number of aryl methyl sites for hydroxylation is 2. The Balaban J connectivity index is 1.95. The molecule has 0 fully saturated rings. The molecule has 0 aliphatic heterocycles. The molecule has 2 aromatic carbocycles. The molecular formula is C20H24BrNO2. The molecule has 0 spiro atoms. The van der Waals surface area contributed by atoms with E-state index < -0.39 is 0 Å². The normalized spacial score (nSPS) is 11.9. The van der Waals surface area contributed by atoms with Gasteiger partial charge in [-0.2, -0.15) is 0 Å². The van der Waals surface area contributed by atoms with Gasteiger partial charge in [-0.15, -0.1) is 0 Å². The Morgan fingerprint density at radius 3 is 2.54 bits per heavy atom. The first-order valence-electron chi connectivity index (χ1n) is 8.20. The van der Waals surface area contributed by atoms with Crippen LogP contribution in [0.25, 0.3) is 0 Å². The van der Waals surface area contributed by atoms with E-state index in [0.29, 0.717) is 11.7 Å². The van der Waals surface area contributed by atoms with E-state index in [9.17, 15) is 4.79 Å². The highest BCUT2D eigenvalue weighted by molar-refractivity contribution is 9.10. The van der Waals surface area contributed by atoms with Crippen molar-refractivity contribution in [2.45, 2.75) is 40.0 Å². The SMILES string of the molecule is CCC(C)c1ccc(OCC(=O)Nc2ccc(C)c(C)c2)c(Br)c1. The number of carbonyl (C=O) groups is 1. The molecule has 2 aromatic rings. The summed E-state index contributed by atoms with van der Waals surface area (Å²) in [6, 6.07) is 11.9. The van der Waals surface area contributed by atoms with Crippen molar-refractivity contribution < 1.29 is 9.53 Å². The van der Waals surface area contributed by atoms with Gasteiger partial charge in [0, 0.05) is 5.69 Å². The second-order valence-corrected chi connectivity index (χ2v) is 6.99. The molecule has 0 heterocycles. The third-order valence-corrected chi connectivity index (χ3v) is 4.91. The lowest BCUT2D eigenvalue weighted by Crippen LogP contribution is -2.20. The number of hydrogen-bond donors (Lipinski definition) is 1. The fourth-order valence-electron chi connectivity index (χ4n) is 2.34. The number of halogens is 1. The highest BCUT2D eigenvalue weighted by atomic mass is 79.9. The molecule has 0 aliphatic carbocycles. The van der Waals surface area contributed by atoms with Gasteiger partial charge in [0.25, 0.3) is 5.91 Å². The molecule has 2 rings (SSSR count). The van der Waals surface area contributed by atoms with E-state index in [1.807, 2.05) is 38.1 Å². The summed E-state index contributed by atoms with van der Waals surface area (Å²) in [5.74, 6) is 1.01. The molecule has 3 nitrogen and oxygen atoms in total. The molecule has 0 bridgehead atoms. The van der Waals surface area contributed by atoms with Crippen LogP contribution in [-0.2, 0) is 4.79 Å². The zero-order chi connectivity index (χ0) is 17.7. The van der Waals surface area contributed by atoms with Crippen LogP contribution in [0.15, 0.2) is 40.9 Å². The van der Waals surface area contributed by atoms with E-state index in [2.05, 4.69) is 47.2 Å². The minimum absolute atomic E-state index is 0.0196. The summed E-state index contributed by atoms with van der Waals surface area (Å²) >= 11 is 3.52. The Bertz CT molecular complexity index is 728. The van der Waals surface area contributed by atoms with Crippen molar-refractivity contribution >= 4 is 27.5 Å². The molecule has 0 saturated carbocycles. The summed E-state index contributed by atoms with van der Waals surface area (Å²) in [6.45, 7) is 8.41. The van der Waals surface area contributed by atoms with Gasteiger partial charge in [0.15, 0.2) is 6.61 Å². The number of carbonyl (C=O) groups excluding carboxylic acids is 1. The van der Waals surface area contributed by atoms with Gasteiger partial charge in [-0.1, -0.05) is 26.0 Å². The number of hydrogen-bond acceptors (Lipinski definition) is 2. The zero-order valence-electron chi connectivity index (χ0n) is 14.7. The van der Waals surface area contributed by atoms with Crippen LogP contribution in [0, 0.1) is 13.8 Å². The topological polar surface area (TPSA) is 38.3 Å². The fourth-order valence-corrected chi connectivity index (χ4v) is 2.85. The van der Waals surface area contributed by atoms with Crippen LogP contribution in [-0.4, -0.2) is 12.5 Å². The van der Waals surface area contributed by atoms with Crippen LogP contribution in [0.5, 0.6) is 5.75 Å². The van der Waals surface area contributed by atoms with Gasteiger partial charge in [0.1, 0.15) is 5.75 Å². The lowest BCUT2D eigenvalue weighted by atomic mass is 9.99. The number of nitrogens with one attached hydrogen (secondary N) is 1. The predicted molar refractivity (Wildman–Crippen MR) is 103 cm³/mol. The summed E-state index contributed by atoms with van der Waals surface area (Å²) in [6.07, 6.45) is 1.09. The van der Waals surface area contributed by atoms with Crippen LogP contribution in [0.3, 0.4) is 0 Å². The van der Waals surface area contributed by atoms with Crippen molar-refractivity contribution in [3.8, 4) is 5.75 Å². The Hall–Kier alpha value is -1.81. The maximum atomic E-state index is 12.1. The van der Waals surface area contributed by atoms with Crippen molar-refractivity contribution in [3.63, 3.8) is 0 Å². The average molecular weight is 390 g/mol. The standard InChI is InChI=1S/C20H24BrNO2/c1-5-13(2)16-7-9-19(18(21)11-16)24-12-20(23)22-17-8-6-14(3)15(4)10-17/h6-11,13H,5,12H2,1-4H3,(H,22,23). The Morgan fingerprint density at radius 1 is 1.17 bits per heavy atom. The lowest BCUT2D eigenvalue weighted by Gasteiger charge is -2.13. The molecule has 0 aliphatic rings. The summed E-state index contributed by atoms with van der Waals surface area (Å²) in [5.41, 5.74) is 4.40. The number of benzene rings is 2. The first-order chi connectivity index (χ1) is 11.4. The van der Waals surface area contributed by atoms with E-state index in [1.54, 1.807) is 0 Å². The average Bonchev–Trinajstić information content (AvgIpc) is 2.56. The van der Waals surface area contributed by atoms with Gasteiger partial charge >= 0.3 is 0 Å². The summed E-state index contributed by atoms with van der Waals surface area (Å²) < 4.78 is 6.51. The molecule has 0 saturated heterocycles. The lowest BCUT2D eigenvalue weighted by molar-refractivity contribution is -0.118. The maximum Gasteiger partial charge on any atom is 0.262 e. The Morgan fingerprint density at radius 2 is 1.92 bits per heavy atom. The van der Waals surface area contributed by atoms with Crippen molar-refractivity contribution in [1.29, 1.82) is 0 Å². The smallest absolute Gasteiger partial charge is 0.262 e. The minimum atomic E-state index is -0.170. The molecule has 0 radical (unpaired) electrons. The predicted octanol–water partition coefficient (Wildman–Crippen LogP) is 5.60. The van der Waals surface area contributed by atoms with Crippen molar-refractivity contribution in [2.75, 3.05) is 11.9 Å². The van der Waals surface area contributed by atoms with Crippen molar-refractivity contribution in [1.82, 2.24) is 0 Å². The second kappa shape index (κ2) is 8.34. The number of rotatable bonds is 6. The third-order valence-electron chi connectivity index (χ3n) is 4.29. The van der Waals surface area contributed by atoms with E-state index in [1.165, 1.54) is 11.1 Å². The van der Waals surface area contributed by atoms with Crippen LogP contribution < -0.4 is 10.1 Å². The van der Waals surface area contributed by atoms with Crippen molar-refractivity contribution in [2.24, 2.45) is 0 Å². The molecule has 4 heteroatoms. The third kappa shape index (κ3) is 4.84. The minimum Gasteiger partial charge on any atom is -0.483 e. The van der Waals surface area contributed by atoms with Gasteiger partial charge in [-0.3, -0.25) is 4.79 Å². The molecule has 24 heavy (non-hydrogen) atoms. The van der Waals surface area contributed by atoms with Crippen LogP contribution in [0.1, 0.15) is 42.9 Å². The van der Waals surface area contributed by atoms with Crippen LogP contribution >= 0.6 is 15.9 Å². The van der Waals surface area contributed by atoms with Gasteiger partial charge in [-0.05, 0) is 83.1 Å². The fraction of sp³-hybridized carbons (Fsp3) is 0.350. The van der Waals surface area contributed by atoms with Gasteiger partial charge in [0.05, 0.1) is 4.47 Å².